The van der Waals surface area contributed by atoms with E-state index >= 15 is 0 Å². The van der Waals surface area contributed by atoms with Gasteiger partial charge in [-0.2, -0.15) is 0 Å². The Kier molecular flexibility index (Phi) is 1.98. The first-order chi connectivity index (χ1) is 6.89. The molecule has 0 aromatic carbocycles. The zero-order valence-electron chi connectivity index (χ0n) is 9.09. The zero-order chi connectivity index (χ0) is 9.60. The van der Waals surface area contributed by atoms with Crippen molar-refractivity contribution in [1.29, 1.82) is 0 Å². The van der Waals surface area contributed by atoms with E-state index in [9.17, 15) is 0 Å². The van der Waals surface area contributed by atoms with E-state index in [1.807, 2.05) is 7.11 Å². The third kappa shape index (κ3) is 0.995. The summed E-state index contributed by atoms with van der Waals surface area (Å²) in [4.78, 5) is 0. The van der Waals surface area contributed by atoms with Crippen LogP contribution in [0.4, 0.5) is 0 Å². The van der Waals surface area contributed by atoms with E-state index in [4.69, 9.17) is 4.74 Å². The van der Waals surface area contributed by atoms with Crippen molar-refractivity contribution >= 4 is 0 Å². The average Bonchev–Trinajstić information content (AvgIpc) is 2.62. The summed E-state index contributed by atoms with van der Waals surface area (Å²) in [6, 6.07) is 0. The van der Waals surface area contributed by atoms with Gasteiger partial charge < -0.3 is 4.74 Å². The molecular formula is C13H20O. The third-order valence-electron chi connectivity index (χ3n) is 4.64. The fraction of sp³-hybridized carbons (Fsp3) is 0.846. The van der Waals surface area contributed by atoms with Gasteiger partial charge in [-0.15, -0.1) is 0 Å². The molecule has 0 spiro atoms. The Labute approximate surface area is 86.5 Å². The molecule has 2 saturated carbocycles. The van der Waals surface area contributed by atoms with Gasteiger partial charge in [0, 0.05) is 7.11 Å². The van der Waals surface area contributed by atoms with Crippen LogP contribution in [0.2, 0.25) is 0 Å². The fourth-order valence-corrected chi connectivity index (χ4v) is 4.00. The Morgan fingerprint density at radius 2 is 2.00 bits per heavy atom. The highest BCUT2D eigenvalue weighted by atomic mass is 16.5. The van der Waals surface area contributed by atoms with E-state index in [0.717, 1.165) is 11.8 Å². The molecule has 0 aromatic heterocycles. The van der Waals surface area contributed by atoms with Crippen LogP contribution in [0.5, 0.6) is 0 Å². The lowest BCUT2D eigenvalue weighted by Gasteiger charge is -2.25. The molecule has 0 bridgehead atoms. The Hall–Kier alpha value is -0.300. The normalized spacial score (nSPS) is 45.9. The standard InChI is InChI=1S/C13H20O/c1-14-13(10-6-3-2-4-7-10)11-8-5-9-12(11)13/h6,11-12H,2-5,7-9H2,1H3/t11-,12+,13?. The molecule has 3 atom stereocenters. The predicted octanol–water partition coefficient (Wildman–Crippen LogP) is 3.30. The maximum Gasteiger partial charge on any atom is 0.0951 e. The molecule has 3 aliphatic carbocycles. The maximum atomic E-state index is 5.89. The van der Waals surface area contributed by atoms with E-state index in [0.29, 0.717) is 0 Å². The molecule has 0 aromatic rings. The average molecular weight is 192 g/mol. The Balaban J connectivity index is 1.85. The Morgan fingerprint density at radius 3 is 2.57 bits per heavy atom. The van der Waals surface area contributed by atoms with Crippen molar-refractivity contribution in [3.05, 3.63) is 11.6 Å². The lowest BCUT2D eigenvalue weighted by Crippen LogP contribution is -2.23. The predicted molar refractivity (Wildman–Crippen MR) is 57.1 cm³/mol. The van der Waals surface area contributed by atoms with Gasteiger partial charge in [-0.25, -0.2) is 0 Å². The maximum absolute atomic E-state index is 5.89. The van der Waals surface area contributed by atoms with E-state index in [1.54, 1.807) is 5.57 Å². The smallest absolute Gasteiger partial charge is 0.0951 e. The van der Waals surface area contributed by atoms with E-state index < -0.39 is 0 Å². The summed E-state index contributed by atoms with van der Waals surface area (Å²) < 4.78 is 5.89. The van der Waals surface area contributed by atoms with Crippen LogP contribution in [0.25, 0.3) is 0 Å². The van der Waals surface area contributed by atoms with Crippen LogP contribution in [0.3, 0.4) is 0 Å². The summed E-state index contributed by atoms with van der Waals surface area (Å²) in [5.41, 5.74) is 1.89. The number of fused-ring (bicyclic) bond motifs is 1. The highest BCUT2D eigenvalue weighted by Gasteiger charge is 2.68. The van der Waals surface area contributed by atoms with Gasteiger partial charge in [0.15, 0.2) is 0 Å². The second-order valence-electron chi connectivity index (χ2n) is 5.12. The molecule has 14 heavy (non-hydrogen) atoms. The van der Waals surface area contributed by atoms with Crippen LogP contribution in [0.1, 0.15) is 44.9 Å². The van der Waals surface area contributed by atoms with E-state index in [1.165, 1.54) is 44.9 Å². The fourth-order valence-electron chi connectivity index (χ4n) is 4.00. The minimum absolute atomic E-state index is 0.235. The SMILES string of the molecule is COC1(C2=CCCCC2)[C@@H]2CCC[C@@H]21. The topological polar surface area (TPSA) is 9.23 Å². The molecule has 1 unspecified atom stereocenters. The largest absolute Gasteiger partial charge is 0.373 e. The molecular weight excluding hydrogens is 172 g/mol. The van der Waals surface area contributed by atoms with Gasteiger partial charge in [0.05, 0.1) is 5.60 Å². The van der Waals surface area contributed by atoms with Crippen LogP contribution in [0, 0.1) is 11.8 Å². The molecule has 0 saturated heterocycles. The first-order valence-electron chi connectivity index (χ1n) is 6.14. The summed E-state index contributed by atoms with van der Waals surface area (Å²) in [5, 5.41) is 0. The minimum Gasteiger partial charge on any atom is -0.373 e. The quantitative estimate of drug-likeness (QED) is 0.610. The molecule has 1 nitrogen and oxygen atoms in total. The highest BCUT2D eigenvalue weighted by molar-refractivity contribution is 5.35. The molecule has 0 radical (unpaired) electrons. The van der Waals surface area contributed by atoms with Crippen molar-refractivity contribution in [2.24, 2.45) is 11.8 Å². The molecule has 0 amide bonds. The lowest BCUT2D eigenvalue weighted by molar-refractivity contribution is 0.0725. The summed E-state index contributed by atoms with van der Waals surface area (Å²) in [6.45, 7) is 0. The van der Waals surface area contributed by atoms with Crippen LogP contribution in [-0.2, 0) is 4.74 Å². The van der Waals surface area contributed by atoms with Gasteiger partial charge in [0.2, 0.25) is 0 Å². The number of rotatable bonds is 2. The molecule has 0 aliphatic heterocycles. The van der Waals surface area contributed by atoms with Crippen LogP contribution >= 0.6 is 0 Å². The lowest BCUT2D eigenvalue weighted by atomic mass is 9.89. The van der Waals surface area contributed by atoms with Crippen molar-refractivity contribution in [3.8, 4) is 0 Å². The van der Waals surface area contributed by atoms with E-state index in [2.05, 4.69) is 6.08 Å². The summed E-state index contributed by atoms with van der Waals surface area (Å²) >= 11 is 0. The molecule has 1 heteroatoms. The second-order valence-corrected chi connectivity index (χ2v) is 5.12. The van der Waals surface area contributed by atoms with Gasteiger partial charge in [0.25, 0.3) is 0 Å². The second kappa shape index (κ2) is 3.10. The molecule has 2 fully saturated rings. The van der Waals surface area contributed by atoms with Crippen molar-refractivity contribution in [2.45, 2.75) is 50.5 Å². The summed E-state index contributed by atoms with van der Waals surface area (Å²) in [6.07, 6.45) is 12.1. The molecule has 0 heterocycles. The molecule has 3 rings (SSSR count). The van der Waals surface area contributed by atoms with Crippen molar-refractivity contribution in [1.82, 2.24) is 0 Å². The first-order valence-corrected chi connectivity index (χ1v) is 6.14. The first kappa shape index (κ1) is 8.96. The van der Waals surface area contributed by atoms with Gasteiger partial charge in [-0.3, -0.25) is 0 Å². The van der Waals surface area contributed by atoms with Gasteiger partial charge >= 0.3 is 0 Å². The van der Waals surface area contributed by atoms with Crippen molar-refractivity contribution < 1.29 is 4.74 Å². The summed E-state index contributed by atoms with van der Waals surface area (Å²) in [7, 11) is 1.92. The highest BCUT2D eigenvalue weighted by Crippen LogP contribution is 2.66. The minimum atomic E-state index is 0.235. The number of ether oxygens (including phenoxy) is 1. The van der Waals surface area contributed by atoms with Crippen LogP contribution in [0.15, 0.2) is 11.6 Å². The number of methoxy groups -OCH3 is 1. The molecule has 3 aliphatic rings. The monoisotopic (exact) mass is 192 g/mol. The van der Waals surface area contributed by atoms with Crippen LogP contribution in [-0.4, -0.2) is 12.7 Å². The Bertz CT molecular complexity index is 256. The Morgan fingerprint density at radius 1 is 1.21 bits per heavy atom. The summed E-state index contributed by atoms with van der Waals surface area (Å²) in [5.74, 6) is 1.77. The molecule has 78 valence electrons. The van der Waals surface area contributed by atoms with Gasteiger partial charge in [-0.1, -0.05) is 12.5 Å². The van der Waals surface area contributed by atoms with Crippen molar-refractivity contribution in [3.63, 3.8) is 0 Å². The van der Waals surface area contributed by atoms with Crippen LogP contribution < -0.4 is 0 Å². The van der Waals surface area contributed by atoms with Crippen molar-refractivity contribution in [2.75, 3.05) is 7.11 Å². The molecule has 0 N–H and O–H groups in total. The van der Waals surface area contributed by atoms with Gasteiger partial charge in [-0.05, 0) is 55.9 Å². The third-order valence-corrected chi connectivity index (χ3v) is 4.64. The van der Waals surface area contributed by atoms with Gasteiger partial charge in [0.1, 0.15) is 0 Å². The number of hydrogen-bond donors (Lipinski definition) is 0. The number of allylic oxidation sites excluding steroid dienone is 1. The van der Waals surface area contributed by atoms with E-state index in [-0.39, 0.29) is 5.60 Å². The zero-order valence-corrected chi connectivity index (χ0v) is 9.09. The number of hydrogen-bond acceptors (Lipinski definition) is 1.